The highest BCUT2D eigenvalue weighted by atomic mass is 14.8. The van der Waals surface area contributed by atoms with E-state index in [2.05, 4.69) is 47.6 Å². The van der Waals surface area contributed by atoms with Gasteiger partial charge in [0.2, 0.25) is 0 Å². The normalized spacial score (nSPS) is 10.9. The number of hydrogen-bond donors (Lipinski definition) is 1. The van der Waals surface area contributed by atoms with Gasteiger partial charge in [-0.1, -0.05) is 25.5 Å². The lowest BCUT2D eigenvalue weighted by Crippen LogP contribution is -2.14. The number of aryl methyl sites for hydroxylation is 1. The van der Waals surface area contributed by atoms with Crippen molar-refractivity contribution in [3.8, 4) is 0 Å². The van der Waals surface area contributed by atoms with Crippen LogP contribution in [0.5, 0.6) is 0 Å². The number of pyridine rings is 1. The average molecular weight is 228 g/mol. The Morgan fingerprint density at radius 3 is 2.88 bits per heavy atom. The molecule has 0 atom stereocenters. The Morgan fingerprint density at radius 1 is 1.18 bits per heavy atom. The summed E-state index contributed by atoms with van der Waals surface area (Å²) in [5.41, 5.74) is 3.49. The fourth-order valence-corrected chi connectivity index (χ4v) is 1.92. The molecule has 0 unspecified atom stereocenters. The van der Waals surface area contributed by atoms with Crippen LogP contribution in [0.15, 0.2) is 30.3 Å². The van der Waals surface area contributed by atoms with E-state index in [0.717, 1.165) is 24.3 Å². The molecule has 0 saturated heterocycles. The molecule has 2 heteroatoms. The van der Waals surface area contributed by atoms with E-state index in [1.807, 2.05) is 6.92 Å². The first-order valence-corrected chi connectivity index (χ1v) is 6.36. The summed E-state index contributed by atoms with van der Waals surface area (Å²) in [6, 6.07) is 10.7. The standard InChI is InChI=1S/C15H20N2/c1-3-4-9-16-11-13-6-8-15-14(10-13)7-5-12(2)17-15/h5-8,10,16H,3-4,9,11H2,1-2H3. The topological polar surface area (TPSA) is 24.9 Å². The predicted molar refractivity (Wildman–Crippen MR) is 73.1 cm³/mol. The van der Waals surface area contributed by atoms with Crippen molar-refractivity contribution >= 4 is 10.9 Å². The minimum Gasteiger partial charge on any atom is -0.313 e. The molecular formula is C15H20N2. The molecule has 1 aromatic heterocycles. The van der Waals surface area contributed by atoms with Crippen molar-refractivity contribution < 1.29 is 0 Å². The molecule has 0 radical (unpaired) electrons. The third-order valence-electron chi connectivity index (χ3n) is 2.93. The van der Waals surface area contributed by atoms with Gasteiger partial charge in [-0.3, -0.25) is 4.98 Å². The van der Waals surface area contributed by atoms with Crippen molar-refractivity contribution in [2.75, 3.05) is 6.54 Å². The van der Waals surface area contributed by atoms with E-state index in [9.17, 15) is 0 Å². The van der Waals surface area contributed by atoms with E-state index in [1.54, 1.807) is 0 Å². The zero-order valence-corrected chi connectivity index (χ0v) is 10.7. The molecule has 1 aromatic carbocycles. The highest BCUT2D eigenvalue weighted by Crippen LogP contribution is 2.14. The molecule has 0 bridgehead atoms. The van der Waals surface area contributed by atoms with Gasteiger partial charge in [0.05, 0.1) is 5.52 Å². The number of rotatable bonds is 5. The van der Waals surface area contributed by atoms with Crippen molar-refractivity contribution in [3.05, 3.63) is 41.6 Å². The highest BCUT2D eigenvalue weighted by Gasteiger charge is 1.98. The molecule has 17 heavy (non-hydrogen) atoms. The van der Waals surface area contributed by atoms with Gasteiger partial charge >= 0.3 is 0 Å². The Morgan fingerprint density at radius 2 is 2.06 bits per heavy atom. The van der Waals surface area contributed by atoms with Crippen LogP contribution in [-0.4, -0.2) is 11.5 Å². The smallest absolute Gasteiger partial charge is 0.0705 e. The van der Waals surface area contributed by atoms with Crippen LogP contribution in [0.2, 0.25) is 0 Å². The summed E-state index contributed by atoms with van der Waals surface area (Å²) in [6.07, 6.45) is 2.49. The lowest BCUT2D eigenvalue weighted by Gasteiger charge is -2.05. The number of fused-ring (bicyclic) bond motifs is 1. The first-order valence-electron chi connectivity index (χ1n) is 6.36. The number of nitrogens with one attached hydrogen (secondary N) is 1. The third kappa shape index (κ3) is 3.27. The summed E-state index contributed by atoms with van der Waals surface area (Å²) in [4.78, 5) is 4.51. The molecule has 2 aromatic rings. The summed E-state index contributed by atoms with van der Waals surface area (Å²) >= 11 is 0. The zero-order chi connectivity index (χ0) is 12.1. The monoisotopic (exact) mass is 228 g/mol. The molecule has 0 fully saturated rings. The Bertz CT molecular complexity index is 491. The predicted octanol–water partition coefficient (Wildman–Crippen LogP) is 3.43. The second kappa shape index (κ2) is 5.78. The Labute approximate surface area is 103 Å². The first-order chi connectivity index (χ1) is 8.29. The molecule has 1 N–H and O–H groups in total. The zero-order valence-electron chi connectivity index (χ0n) is 10.7. The van der Waals surface area contributed by atoms with Crippen LogP contribution >= 0.6 is 0 Å². The van der Waals surface area contributed by atoms with E-state index in [0.29, 0.717) is 0 Å². The quantitative estimate of drug-likeness (QED) is 0.793. The number of unbranched alkanes of at least 4 members (excludes halogenated alkanes) is 1. The third-order valence-corrected chi connectivity index (χ3v) is 2.93. The van der Waals surface area contributed by atoms with Crippen molar-refractivity contribution in [3.63, 3.8) is 0 Å². The molecule has 90 valence electrons. The Kier molecular flexibility index (Phi) is 4.10. The molecule has 0 aliphatic rings. The SMILES string of the molecule is CCCCNCc1ccc2nc(C)ccc2c1. The summed E-state index contributed by atoms with van der Waals surface area (Å²) in [5.74, 6) is 0. The minimum atomic E-state index is 0.948. The second-order valence-electron chi connectivity index (χ2n) is 4.51. The van der Waals surface area contributed by atoms with Crippen LogP contribution < -0.4 is 5.32 Å². The molecule has 0 aliphatic heterocycles. The van der Waals surface area contributed by atoms with Crippen LogP contribution in [0.1, 0.15) is 31.0 Å². The van der Waals surface area contributed by atoms with Gasteiger partial charge in [-0.15, -0.1) is 0 Å². The summed E-state index contributed by atoms with van der Waals surface area (Å²) in [6.45, 7) is 6.29. The molecular weight excluding hydrogens is 208 g/mol. The van der Waals surface area contributed by atoms with Crippen LogP contribution in [-0.2, 0) is 6.54 Å². The van der Waals surface area contributed by atoms with Crippen LogP contribution in [0.4, 0.5) is 0 Å². The molecule has 0 amide bonds. The van der Waals surface area contributed by atoms with Crippen molar-refractivity contribution in [1.29, 1.82) is 0 Å². The summed E-state index contributed by atoms with van der Waals surface area (Å²) < 4.78 is 0. The molecule has 0 saturated carbocycles. The molecule has 0 spiro atoms. The molecule has 0 aliphatic carbocycles. The van der Waals surface area contributed by atoms with Gasteiger partial charge in [0, 0.05) is 17.6 Å². The molecule has 2 nitrogen and oxygen atoms in total. The molecule has 2 rings (SSSR count). The molecule has 1 heterocycles. The van der Waals surface area contributed by atoms with Gasteiger partial charge in [-0.05, 0) is 43.7 Å². The lowest BCUT2D eigenvalue weighted by atomic mass is 10.1. The summed E-state index contributed by atoms with van der Waals surface area (Å²) in [5, 5.41) is 4.69. The van der Waals surface area contributed by atoms with Crippen molar-refractivity contribution in [1.82, 2.24) is 10.3 Å². The van der Waals surface area contributed by atoms with Crippen LogP contribution in [0.25, 0.3) is 10.9 Å². The van der Waals surface area contributed by atoms with Gasteiger partial charge in [0.25, 0.3) is 0 Å². The minimum absolute atomic E-state index is 0.948. The maximum absolute atomic E-state index is 4.51. The van der Waals surface area contributed by atoms with Gasteiger partial charge < -0.3 is 5.32 Å². The highest BCUT2D eigenvalue weighted by molar-refractivity contribution is 5.79. The largest absolute Gasteiger partial charge is 0.313 e. The number of aromatic nitrogens is 1. The van der Waals surface area contributed by atoms with Gasteiger partial charge in [-0.2, -0.15) is 0 Å². The van der Waals surface area contributed by atoms with Crippen molar-refractivity contribution in [2.24, 2.45) is 0 Å². The number of hydrogen-bond acceptors (Lipinski definition) is 2. The van der Waals surface area contributed by atoms with Gasteiger partial charge in [0.1, 0.15) is 0 Å². The fourth-order valence-electron chi connectivity index (χ4n) is 1.92. The van der Waals surface area contributed by atoms with Crippen LogP contribution in [0.3, 0.4) is 0 Å². The number of benzene rings is 1. The van der Waals surface area contributed by atoms with Crippen molar-refractivity contribution in [2.45, 2.75) is 33.2 Å². The van der Waals surface area contributed by atoms with E-state index >= 15 is 0 Å². The Hall–Kier alpha value is -1.41. The van der Waals surface area contributed by atoms with Crippen LogP contribution in [0, 0.1) is 6.92 Å². The van der Waals surface area contributed by atoms with E-state index in [1.165, 1.54) is 23.8 Å². The first kappa shape index (κ1) is 12.1. The van der Waals surface area contributed by atoms with E-state index < -0.39 is 0 Å². The lowest BCUT2D eigenvalue weighted by molar-refractivity contribution is 0.642. The average Bonchev–Trinajstić information content (AvgIpc) is 2.35. The summed E-state index contributed by atoms with van der Waals surface area (Å²) in [7, 11) is 0. The Balaban J connectivity index is 2.07. The van der Waals surface area contributed by atoms with E-state index in [-0.39, 0.29) is 0 Å². The fraction of sp³-hybridized carbons (Fsp3) is 0.400. The number of nitrogens with zero attached hydrogens (tertiary/aromatic N) is 1. The maximum atomic E-state index is 4.51. The van der Waals surface area contributed by atoms with E-state index in [4.69, 9.17) is 0 Å². The van der Waals surface area contributed by atoms with Gasteiger partial charge in [0.15, 0.2) is 0 Å². The maximum Gasteiger partial charge on any atom is 0.0705 e. The van der Waals surface area contributed by atoms with Gasteiger partial charge in [-0.25, -0.2) is 0 Å². The second-order valence-corrected chi connectivity index (χ2v) is 4.51.